The normalized spacial score (nSPS) is 17.0. The number of hydrogen-bond donors (Lipinski definition) is 1. The third-order valence-corrected chi connectivity index (χ3v) is 7.97. The minimum absolute atomic E-state index is 0.0635. The number of carbonyl (C=O) groups is 2. The Kier molecular flexibility index (Phi) is 9.90. The summed E-state index contributed by atoms with van der Waals surface area (Å²) < 4.78 is 127. The monoisotopic (exact) mass is 643 g/mol. The summed E-state index contributed by atoms with van der Waals surface area (Å²) in [5.41, 5.74) is -1.89. The summed E-state index contributed by atoms with van der Waals surface area (Å²) >= 11 is 0. The van der Waals surface area contributed by atoms with Crippen molar-refractivity contribution in [3.05, 3.63) is 59.4 Å². The zero-order valence-corrected chi connectivity index (χ0v) is 23.9. The van der Waals surface area contributed by atoms with E-state index in [4.69, 9.17) is 4.74 Å². The van der Waals surface area contributed by atoms with Crippen LogP contribution in [0, 0.1) is 5.82 Å². The smallest absolute Gasteiger partial charge is 0.444 e. The van der Waals surface area contributed by atoms with Gasteiger partial charge in [-0.1, -0.05) is 6.07 Å². The van der Waals surface area contributed by atoms with Gasteiger partial charge in [-0.05, 0) is 62.7 Å². The quantitative estimate of drug-likeness (QED) is 0.423. The lowest BCUT2D eigenvalue weighted by atomic mass is 10.1. The molecular weight excluding hydrogens is 615 g/mol. The molecule has 0 aliphatic carbocycles. The summed E-state index contributed by atoms with van der Waals surface area (Å²) in [6.45, 7) is 3.74. The molecule has 0 unspecified atom stereocenters. The fourth-order valence-electron chi connectivity index (χ4n) is 4.11. The number of alkyl halides is 6. The second kappa shape index (κ2) is 12.6. The van der Waals surface area contributed by atoms with Gasteiger partial charge in [0.1, 0.15) is 5.60 Å². The highest BCUT2D eigenvalue weighted by molar-refractivity contribution is 7.89. The summed E-state index contributed by atoms with van der Waals surface area (Å²) in [4.78, 5) is 26.2. The van der Waals surface area contributed by atoms with Crippen LogP contribution in [0.2, 0.25) is 0 Å². The second-order valence-electron chi connectivity index (χ2n) is 10.5. The molecule has 0 aromatic heterocycles. The molecule has 2 aromatic carbocycles. The minimum atomic E-state index is -5.11. The maximum Gasteiger partial charge on any atom is 0.573 e. The first-order chi connectivity index (χ1) is 19.7. The molecule has 238 valence electrons. The number of piperazine rings is 1. The van der Waals surface area contributed by atoms with Crippen molar-refractivity contribution in [3.63, 3.8) is 0 Å². The molecule has 0 spiro atoms. The molecule has 1 aliphatic heterocycles. The van der Waals surface area contributed by atoms with Gasteiger partial charge in [0.25, 0.3) is 0 Å². The predicted molar refractivity (Wildman–Crippen MR) is 136 cm³/mol. The van der Waals surface area contributed by atoms with Gasteiger partial charge in [-0.15, -0.1) is 13.2 Å². The molecule has 2 amide bonds. The van der Waals surface area contributed by atoms with Gasteiger partial charge in [-0.3, -0.25) is 4.79 Å². The van der Waals surface area contributed by atoms with E-state index in [-0.39, 0.29) is 31.7 Å². The molecule has 1 atom stereocenters. The second-order valence-corrected chi connectivity index (χ2v) is 12.4. The largest absolute Gasteiger partial charge is 0.573 e. The minimum Gasteiger partial charge on any atom is -0.444 e. The molecule has 9 nitrogen and oxygen atoms in total. The molecule has 1 heterocycles. The third kappa shape index (κ3) is 9.44. The zero-order valence-electron chi connectivity index (χ0n) is 23.1. The van der Waals surface area contributed by atoms with Crippen LogP contribution in [0.1, 0.15) is 38.3 Å². The van der Waals surface area contributed by atoms with E-state index in [1.807, 2.05) is 0 Å². The van der Waals surface area contributed by atoms with E-state index in [2.05, 4.69) is 10.1 Å². The highest BCUT2D eigenvalue weighted by atomic mass is 32.2. The Morgan fingerprint density at radius 1 is 0.977 bits per heavy atom. The lowest BCUT2D eigenvalue weighted by Crippen LogP contribution is -2.58. The number of sulfonamides is 1. The van der Waals surface area contributed by atoms with Crippen LogP contribution in [-0.2, 0) is 32.3 Å². The molecule has 0 radical (unpaired) electrons. The molecule has 17 heteroatoms. The molecule has 43 heavy (non-hydrogen) atoms. The number of ether oxygens (including phenoxy) is 2. The van der Waals surface area contributed by atoms with E-state index < -0.39 is 74.7 Å². The zero-order chi connectivity index (χ0) is 32.4. The van der Waals surface area contributed by atoms with Crippen LogP contribution in [0.4, 0.5) is 35.5 Å². The first kappa shape index (κ1) is 33.9. The Morgan fingerprint density at radius 2 is 1.60 bits per heavy atom. The van der Waals surface area contributed by atoms with E-state index in [9.17, 15) is 48.7 Å². The van der Waals surface area contributed by atoms with Crippen molar-refractivity contribution < 1.29 is 58.2 Å². The van der Waals surface area contributed by atoms with Gasteiger partial charge in [0, 0.05) is 32.6 Å². The maximum absolute atomic E-state index is 14.0. The highest BCUT2D eigenvalue weighted by Crippen LogP contribution is 2.31. The van der Waals surface area contributed by atoms with Crippen molar-refractivity contribution >= 4 is 22.0 Å². The number of carbonyl (C=O) groups excluding carboxylic acids is 2. The molecule has 1 fully saturated rings. The summed E-state index contributed by atoms with van der Waals surface area (Å²) in [5, 5.41) is 2.41. The van der Waals surface area contributed by atoms with Crippen LogP contribution in [-0.4, -0.2) is 67.3 Å². The Balaban J connectivity index is 1.79. The molecular formula is C26H28F7N3O6S. The van der Waals surface area contributed by atoms with E-state index in [0.717, 1.165) is 28.6 Å². The number of halogens is 7. The van der Waals surface area contributed by atoms with Crippen molar-refractivity contribution in [1.82, 2.24) is 14.5 Å². The van der Waals surface area contributed by atoms with E-state index in [1.165, 1.54) is 4.90 Å². The molecule has 1 aliphatic rings. The fourth-order valence-corrected chi connectivity index (χ4v) is 5.72. The molecule has 1 N–H and O–H groups in total. The molecule has 0 saturated carbocycles. The standard InChI is InChI=1S/C26H28F7N3O6S/c1-24(2,3)42-23(38)35-10-11-36(43(39,40)19-7-5-17(6-8-19)25(28,29)30)18(15-35)13-22(37)34-14-16-4-9-21(20(27)12-16)41-26(31,32)33/h4-9,12,18H,10-11,13-15H2,1-3H3,(H,34,37)/t18-/m0/s1. The predicted octanol–water partition coefficient (Wildman–Crippen LogP) is 5.06. The van der Waals surface area contributed by atoms with Crippen LogP contribution < -0.4 is 10.1 Å². The van der Waals surface area contributed by atoms with Gasteiger partial charge >= 0.3 is 18.6 Å². The van der Waals surface area contributed by atoms with Gasteiger partial charge in [-0.25, -0.2) is 17.6 Å². The van der Waals surface area contributed by atoms with Gasteiger partial charge < -0.3 is 19.7 Å². The number of hydrogen-bond acceptors (Lipinski definition) is 6. The van der Waals surface area contributed by atoms with E-state index >= 15 is 0 Å². The maximum atomic E-state index is 14.0. The van der Waals surface area contributed by atoms with Gasteiger partial charge in [0.15, 0.2) is 11.6 Å². The van der Waals surface area contributed by atoms with Crippen molar-refractivity contribution in [2.24, 2.45) is 0 Å². The number of rotatable bonds is 7. The van der Waals surface area contributed by atoms with Crippen molar-refractivity contribution in [1.29, 1.82) is 0 Å². The number of amides is 2. The average Bonchev–Trinajstić information content (AvgIpc) is 2.86. The first-order valence-electron chi connectivity index (χ1n) is 12.6. The van der Waals surface area contributed by atoms with Crippen molar-refractivity contribution in [3.8, 4) is 5.75 Å². The molecule has 0 bridgehead atoms. The molecule has 3 rings (SSSR count). The first-order valence-corrected chi connectivity index (χ1v) is 14.1. The Labute approximate surface area is 242 Å². The summed E-state index contributed by atoms with van der Waals surface area (Å²) in [7, 11) is -4.44. The average molecular weight is 644 g/mol. The SMILES string of the molecule is CC(C)(C)OC(=O)N1CCN(S(=O)(=O)c2ccc(C(F)(F)F)cc2)[C@@H](CC(=O)NCc2ccc(OC(F)(F)F)c(F)c2)C1. The lowest BCUT2D eigenvalue weighted by Gasteiger charge is -2.40. The Morgan fingerprint density at radius 3 is 2.14 bits per heavy atom. The van der Waals surface area contributed by atoms with Crippen molar-refractivity contribution in [2.45, 2.75) is 62.8 Å². The highest BCUT2D eigenvalue weighted by Gasteiger charge is 2.40. The Hall–Kier alpha value is -3.60. The van der Waals surface area contributed by atoms with E-state index in [1.54, 1.807) is 20.8 Å². The molecule has 2 aromatic rings. The van der Waals surface area contributed by atoms with Crippen molar-refractivity contribution in [2.75, 3.05) is 19.6 Å². The topological polar surface area (TPSA) is 105 Å². The lowest BCUT2D eigenvalue weighted by molar-refractivity contribution is -0.275. The summed E-state index contributed by atoms with van der Waals surface area (Å²) in [5.74, 6) is -3.17. The Bertz CT molecular complexity index is 1420. The van der Waals surface area contributed by atoms with Gasteiger partial charge in [0.2, 0.25) is 15.9 Å². The fraction of sp³-hybridized carbons (Fsp3) is 0.462. The van der Waals surface area contributed by atoms with Crippen LogP contribution in [0.5, 0.6) is 5.75 Å². The van der Waals surface area contributed by atoms with Crippen LogP contribution in [0.15, 0.2) is 47.4 Å². The molecule has 1 saturated heterocycles. The number of nitrogens with zero attached hydrogens (tertiary/aromatic N) is 2. The van der Waals surface area contributed by atoms with Crippen LogP contribution >= 0.6 is 0 Å². The van der Waals surface area contributed by atoms with Gasteiger partial charge in [-0.2, -0.15) is 17.5 Å². The summed E-state index contributed by atoms with van der Waals surface area (Å²) in [6, 6.07) is 4.12. The number of benzene rings is 2. The number of nitrogens with one attached hydrogen (secondary N) is 1. The van der Waals surface area contributed by atoms with Crippen LogP contribution in [0.3, 0.4) is 0 Å². The van der Waals surface area contributed by atoms with Crippen LogP contribution in [0.25, 0.3) is 0 Å². The summed E-state index contributed by atoms with van der Waals surface area (Å²) in [6.07, 6.45) is -11.1. The third-order valence-electron chi connectivity index (χ3n) is 6.00. The van der Waals surface area contributed by atoms with Gasteiger partial charge in [0.05, 0.1) is 16.5 Å². The van der Waals surface area contributed by atoms with E-state index in [0.29, 0.717) is 18.2 Å².